The summed E-state index contributed by atoms with van der Waals surface area (Å²) in [4.78, 5) is 0. The summed E-state index contributed by atoms with van der Waals surface area (Å²) in [6.07, 6.45) is 11.1. The van der Waals surface area contributed by atoms with E-state index in [1.165, 1.54) is 44.9 Å². The zero-order chi connectivity index (χ0) is 16.4. The molecule has 132 valence electrons. The highest BCUT2D eigenvalue weighted by Crippen LogP contribution is 2.67. The van der Waals surface area contributed by atoms with Gasteiger partial charge in [0, 0.05) is 0 Å². The topological polar surface area (TPSA) is 40.5 Å². The zero-order valence-corrected chi connectivity index (χ0v) is 15.3. The monoisotopic (exact) mass is 320 g/mol. The van der Waals surface area contributed by atoms with Crippen molar-refractivity contribution in [3.05, 3.63) is 0 Å². The van der Waals surface area contributed by atoms with E-state index in [4.69, 9.17) is 0 Å². The molecule has 0 unspecified atom stereocenters. The number of fused-ring (bicyclic) bond motifs is 5. The first-order valence-corrected chi connectivity index (χ1v) is 10.2. The molecule has 4 saturated carbocycles. The molecule has 0 radical (unpaired) electrons. The molecule has 23 heavy (non-hydrogen) atoms. The third-order valence-corrected chi connectivity index (χ3v) is 9.29. The minimum Gasteiger partial charge on any atom is -0.393 e. The van der Waals surface area contributed by atoms with Crippen molar-refractivity contribution in [1.29, 1.82) is 0 Å². The van der Waals surface area contributed by atoms with Gasteiger partial charge in [-0.25, -0.2) is 0 Å². The Bertz CT molecular complexity index is 461. The maximum atomic E-state index is 10.3. The van der Waals surface area contributed by atoms with E-state index < -0.39 is 0 Å². The van der Waals surface area contributed by atoms with E-state index in [9.17, 15) is 10.2 Å². The van der Waals surface area contributed by atoms with Crippen molar-refractivity contribution in [2.24, 2.45) is 40.4 Å². The van der Waals surface area contributed by atoms with Crippen LogP contribution in [0.5, 0.6) is 0 Å². The molecule has 0 heterocycles. The second-order valence-electron chi connectivity index (χ2n) is 10.1. The Hall–Kier alpha value is -0.0800. The van der Waals surface area contributed by atoms with Gasteiger partial charge in [0.25, 0.3) is 0 Å². The highest BCUT2D eigenvalue weighted by Gasteiger charge is 2.60. The molecular weight excluding hydrogens is 284 g/mol. The molecule has 9 atom stereocenters. The molecular formula is C21H36O2. The summed E-state index contributed by atoms with van der Waals surface area (Å²) >= 11 is 0. The summed E-state index contributed by atoms with van der Waals surface area (Å²) in [5.74, 6) is 3.87. The van der Waals surface area contributed by atoms with Crippen molar-refractivity contribution in [2.45, 2.75) is 90.8 Å². The number of hydrogen-bond acceptors (Lipinski definition) is 2. The summed E-state index contributed by atoms with van der Waals surface area (Å²) in [7, 11) is 0. The molecule has 0 spiro atoms. The fraction of sp³-hybridized carbons (Fsp3) is 1.00. The fourth-order valence-electron chi connectivity index (χ4n) is 8.07. The van der Waals surface area contributed by atoms with Gasteiger partial charge in [-0.05, 0) is 105 Å². The van der Waals surface area contributed by atoms with Crippen molar-refractivity contribution in [2.75, 3.05) is 0 Å². The normalized spacial score (nSPS) is 57.3. The van der Waals surface area contributed by atoms with Gasteiger partial charge in [0.15, 0.2) is 0 Å². The van der Waals surface area contributed by atoms with Crippen LogP contribution in [-0.4, -0.2) is 22.4 Å². The quantitative estimate of drug-likeness (QED) is 0.752. The third-order valence-electron chi connectivity index (χ3n) is 9.29. The molecule has 2 nitrogen and oxygen atoms in total. The lowest BCUT2D eigenvalue weighted by molar-refractivity contribution is -0.132. The molecule has 2 N–H and O–H groups in total. The summed E-state index contributed by atoms with van der Waals surface area (Å²) in [6.45, 7) is 7.08. The highest BCUT2D eigenvalue weighted by molar-refractivity contribution is 5.09. The van der Waals surface area contributed by atoms with E-state index in [1.807, 2.05) is 6.92 Å². The number of aliphatic hydroxyl groups is 2. The number of hydrogen-bond donors (Lipinski definition) is 2. The second kappa shape index (κ2) is 5.46. The van der Waals surface area contributed by atoms with Gasteiger partial charge in [0.1, 0.15) is 0 Å². The fourth-order valence-corrected chi connectivity index (χ4v) is 8.07. The summed E-state index contributed by atoms with van der Waals surface area (Å²) in [6, 6.07) is 0. The van der Waals surface area contributed by atoms with Crippen LogP contribution in [-0.2, 0) is 0 Å². The molecule has 0 aliphatic heterocycles. The summed E-state index contributed by atoms with van der Waals surface area (Å²) < 4.78 is 0. The van der Waals surface area contributed by atoms with Crippen LogP contribution in [0, 0.1) is 40.4 Å². The Kier molecular flexibility index (Phi) is 3.89. The molecule has 0 aromatic rings. The average Bonchev–Trinajstić information content (AvgIpc) is 2.85. The van der Waals surface area contributed by atoms with Crippen molar-refractivity contribution in [3.63, 3.8) is 0 Å². The molecule has 4 fully saturated rings. The van der Waals surface area contributed by atoms with E-state index in [0.29, 0.717) is 16.7 Å². The van der Waals surface area contributed by atoms with Crippen LogP contribution >= 0.6 is 0 Å². The molecule has 4 aliphatic rings. The van der Waals surface area contributed by atoms with E-state index in [-0.39, 0.29) is 12.2 Å². The van der Waals surface area contributed by atoms with Crippen molar-refractivity contribution >= 4 is 0 Å². The van der Waals surface area contributed by atoms with Gasteiger partial charge in [-0.15, -0.1) is 0 Å². The van der Waals surface area contributed by atoms with Gasteiger partial charge in [-0.3, -0.25) is 0 Å². The lowest BCUT2D eigenvalue weighted by Crippen LogP contribution is -2.54. The third kappa shape index (κ3) is 2.27. The van der Waals surface area contributed by atoms with Gasteiger partial charge in [0.2, 0.25) is 0 Å². The Morgan fingerprint density at radius 1 is 0.870 bits per heavy atom. The first-order chi connectivity index (χ1) is 10.9. The van der Waals surface area contributed by atoms with E-state index >= 15 is 0 Å². The van der Waals surface area contributed by atoms with Gasteiger partial charge in [-0.2, -0.15) is 0 Å². The molecule has 0 bridgehead atoms. The molecule has 0 amide bonds. The van der Waals surface area contributed by atoms with Crippen LogP contribution in [0.4, 0.5) is 0 Å². The summed E-state index contributed by atoms with van der Waals surface area (Å²) in [5.41, 5.74) is 0.860. The molecule has 2 heteroatoms. The zero-order valence-electron chi connectivity index (χ0n) is 15.3. The van der Waals surface area contributed by atoms with E-state index in [0.717, 1.165) is 36.5 Å². The predicted molar refractivity (Wildman–Crippen MR) is 92.9 cm³/mol. The van der Waals surface area contributed by atoms with Crippen molar-refractivity contribution in [1.82, 2.24) is 0 Å². The Morgan fingerprint density at radius 2 is 1.57 bits per heavy atom. The minimum absolute atomic E-state index is 0.0374. The van der Waals surface area contributed by atoms with Crippen LogP contribution in [0.25, 0.3) is 0 Å². The second-order valence-corrected chi connectivity index (χ2v) is 10.1. The van der Waals surface area contributed by atoms with E-state index in [2.05, 4.69) is 13.8 Å². The predicted octanol–water partition coefficient (Wildman–Crippen LogP) is 4.39. The maximum Gasteiger partial charge on any atom is 0.0545 e. The Morgan fingerprint density at radius 3 is 2.30 bits per heavy atom. The molecule has 0 saturated heterocycles. The smallest absolute Gasteiger partial charge is 0.0545 e. The average molecular weight is 321 g/mol. The van der Waals surface area contributed by atoms with Crippen molar-refractivity contribution in [3.8, 4) is 0 Å². The number of rotatable bonds is 1. The molecule has 4 rings (SSSR count). The van der Waals surface area contributed by atoms with Crippen LogP contribution in [0.2, 0.25) is 0 Å². The van der Waals surface area contributed by atoms with Crippen LogP contribution in [0.15, 0.2) is 0 Å². The van der Waals surface area contributed by atoms with Crippen LogP contribution in [0.3, 0.4) is 0 Å². The van der Waals surface area contributed by atoms with Crippen LogP contribution < -0.4 is 0 Å². The van der Waals surface area contributed by atoms with Crippen LogP contribution in [0.1, 0.15) is 78.6 Å². The molecule has 0 aromatic carbocycles. The van der Waals surface area contributed by atoms with Gasteiger partial charge < -0.3 is 10.2 Å². The molecule has 4 aliphatic carbocycles. The van der Waals surface area contributed by atoms with Crippen molar-refractivity contribution < 1.29 is 10.2 Å². The first-order valence-electron chi connectivity index (χ1n) is 10.2. The Labute approximate surface area is 142 Å². The largest absolute Gasteiger partial charge is 0.393 e. The van der Waals surface area contributed by atoms with Gasteiger partial charge in [0.05, 0.1) is 12.2 Å². The standard InChI is InChI=1S/C21H36O2/c1-13(22)17-6-7-18-16-5-4-14-12-15(23)8-10-20(14,2)19(16)9-11-21(17,18)3/h13-19,22-23H,4-12H2,1-3H3/t13-,14-,15-,16-,17-,18-,19-,20-,21+/m0/s1. The lowest BCUT2D eigenvalue weighted by atomic mass is 9.44. The lowest BCUT2D eigenvalue weighted by Gasteiger charge is -2.61. The van der Waals surface area contributed by atoms with Gasteiger partial charge in [-0.1, -0.05) is 13.8 Å². The number of aliphatic hydroxyl groups excluding tert-OH is 2. The molecule has 0 aromatic heterocycles. The SMILES string of the molecule is C[C@H](O)[C@@H]1CC[C@H]2[C@@H]3CC[C@H]4C[C@@H](O)CC[C@]4(C)[C@H]3CC[C@@]21C. The van der Waals surface area contributed by atoms with Gasteiger partial charge >= 0.3 is 0 Å². The first kappa shape index (κ1) is 16.4. The Balaban J connectivity index is 1.60. The van der Waals surface area contributed by atoms with E-state index in [1.54, 1.807) is 0 Å². The highest BCUT2D eigenvalue weighted by atomic mass is 16.3. The maximum absolute atomic E-state index is 10.3. The minimum atomic E-state index is -0.140. The summed E-state index contributed by atoms with van der Waals surface area (Å²) in [5, 5.41) is 20.4.